The lowest BCUT2D eigenvalue weighted by Crippen LogP contribution is -2.56. The molecule has 114 valence electrons. The predicted molar refractivity (Wildman–Crippen MR) is 78.0 cm³/mol. The number of methoxy groups -OCH3 is 1. The number of nitrogens with one attached hydrogen (secondary N) is 1. The molecular formula is C16H21NO4. The monoisotopic (exact) mass is 291 g/mol. The number of ether oxygens (including phenoxy) is 2. The highest BCUT2D eigenvalue weighted by Crippen LogP contribution is 2.28. The number of esters is 1. The van der Waals surface area contributed by atoms with Crippen LogP contribution in [0.15, 0.2) is 24.3 Å². The highest BCUT2D eigenvalue weighted by molar-refractivity contribution is 5.90. The molecule has 2 rings (SSSR count). The highest BCUT2D eigenvalue weighted by Gasteiger charge is 2.39. The molecule has 0 fully saturated rings. The van der Waals surface area contributed by atoms with Crippen LogP contribution in [0, 0.1) is 0 Å². The van der Waals surface area contributed by atoms with Crippen molar-refractivity contribution in [2.45, 2.75) is 44.8 Å². The SMILES string of the molecule is CCC[C@](C)(NC(=O)[C@@H]1Cc2ccccc2O1)C(=O)OC. The van der Waals surface area contributed by atoms with Gasteiger partial charge in [0.05, 0.1) is 7.11 Å². The van der Waals surface area contributed by atoms with Crippen molar-refractivity contribution >= 4 is 11.9 Å². The van der Waals surface area contributed by atoms with Gasteiger partial charge in [0.2, 0.25) is 0 Å². The van der Waals surface area contributed by atoms with E-state index in [2.05, 4.69) is 5.32 Å². The van der Waals surface area contributed by atoms with Crippen LogP contribution in [0.25, 0.3) is 0 Å². The molecule has 1 aromatic carbocycles. The number of hydrogen-bond donors (Lipinski definition) is 1. The van der Waals surface area contributed by atoms with Gasteiger partial charge < -0.3 is 14.8 Å². The van der Waals surface area contributed by atoms with E-state index >= 15 is 0 Å². The Morgan fingerprint density at radius 2 is 2.14 bits per heavy atom. The Morgan fingerprint density at radius 3 is 2.76 bits per heavy atom. The van der Waals surface area contributed by atoms with Crippen molar-refractivity contribution in [3.05, 3.63) is 29.8 Å². The van der Waals surface area contributed by atoms with Gasteiger partial charge >= 0.3 is 5.97 Å². The fourth-order valence-electron chi connectivity index (χ4n) is 2.62. The maximum absolute atomic E-state index is 12.4. The minimum absolute atomic E-state index is 0.285. The molecule has 1 aliphatic rings. The molecule has 0 radical (unpaired) electrons. The first kappa shape index (κ1) is 15.4. The maximum atomic E-state index is 12.4. The van der Waals surface area contributed by atoms with E-state index in [9.17, 15) is 9.59 Å². The standard InChI is InChI=1S/C16H21NO4/c1-4-9-16(2,15(19)20-3)17-14(18)13-10-11-7-5-6-8-12(11)21-13/h5-8,13H,4,9-10H2,1-3H3,(H,17,18)/t13-,16-/m0/s1. The quantitative estimate of drug-likeness (QED) is 0.841. The Balaban J connectivity index is 2.06. The van der Waals surface area contributed by atoms with Crippen LogP contribution in [0.2, 0.25) is 0 Å². The Morgan fingerprint density at radius 1 is 1.43 bits per heavy atom. The van der Waals surface area contributed by atoms with Crippen LogP contribution < -0.4 is 10.1 Å². The van der Waals surface area contributed by atoms with Gasteiger partial charge in [0, 0.05) is 6.42 Å². The number of fused-ring (bicyclic) bond motifs is 1. The van der Waals surface area contributed by atoms with E-state index in [-0.39, 0.29) is 5.91 Å². The summed E-state index contributed by atoms with van der Waals surface area (Å²) in [4.78, 5) is 24.3. The van der Waals surface area contributed by atoms with E-state index in [4.69, 9.17) is 9.47 Å². The zero-order valence-electron chi connectivity index (χ0n) is 12.6. The molecular weight excluding hydrogens is 270 g/mol. The van der Waals surface area contributed by atoms with E-state index in [1.54, 1.807) is 6.92 Å². The lowest BCUT2D eigenvalue weighted by atomic mass is 9.95. The fraction of sp³-hybridized carbons (Fsp3) is 0.500. The van der Waals surface area contributed by atoms with Crippen molar-refractivity contribution in [3.63, 3.8) is 0 Å². The van der Waals surface area contributed by atoms with Crippen LogP contribution in [0.1, 0.15) is 32.3 Å². The van der Waals surface area contributed by atoms with Gasteiger partial charge in [-0.3, -0.25) is 4.79 Å². The van der Waals surface area contributed by atoms with Gasteiger partial charge in [-0.25, -0.2) is 4.79 Å². The number of rotatable bonds is 5. The molecule has 0 saturated carbocycles. The van der Waals surface area contributed by atoms with E-state index in [0.717, 1.165) is 17.7 Å². The van der Waals surface area contributed by atoms with Gasteiger partial charge in [0.15, 0.2) is 6.10 Å². The molecule has 1 heterocycles. The van der Waals surface area contributed by atoms with E-state index in [0.29, 0.717) is 12.8 Å². The third-order valence-corrected chi connectivity index (χ3v) is 3.72. The second kappa shape index (κ2) is 6.16. The lowest BCUT2D eigenvalue weighted by Gasteiger charge is -2.28. The average molecular weight is 291 g/mol. The summed E-state index contributed by atoms with van der Waals surface area (Å²) in [7, 11) is 1.32. The molecule has 5 heteroatoms. The van der Waals surface area contributed by atoms with Crippen molar-refractivity contribution in [3.8, 4) is 5.75 Å². The summed E-state index contributed by atoms with van der Waals surface area (Å²) in [6, 6.07) is 7.56. The van der Waals surface area contributed by atoms with Crippen molar-refractivity contribution in [1.29, 1.82) is 0 Å². The zero-order chi connectivity index (χ0) is 15.5. The number of carbonyl (C=O) groups excluding carboxylic acids is 2. The molecule has 0 bridgehead atoms. The molecule has 1 aromatic rings. The van der Waals surface area contributed by atoms with Crippen LogP contribution in [0.5, 0.6) is 5.75 Å². The molecule has 0 spiro atoms. The molecule has 5 nitrogen and oxygen atoms in total. The van der Waals surface area contributed by atoms with Gasteiger partial charge in [-0.05, 0) is 25.0 Å². The topological polar surface area (TPSA) is 64.6 Å². The Labute approximate surface area is 124 Å². The average Bonchev–Trinajstić information content (AvgIpc) is 2.90. The van der Waals surface area contributed by atoms with Crippen molar-refractivity contribution in [2.75, 3.05) is 7.11 Å². The van der Waals surface area contributed by atoms with Crippen LogP contribution >= 0.6 is 0 Å². The Kier molecular flexibility index (Phi) is 4.50. The number of benzene rings is 1. The molecule has 1 amide bonds. The van der Waals surface area contributed by atoms with Gasteiger partial charge in [0.1, 0.15) is 11.3 Å². The minimum atomic E-state index is -1.02. The van der Waals surface area contributed by atoms with Crippen LogP contribution in [0.3, 0.4) is 0 Å². The molecule has 0 unspecified atom stereocenters. The van der Waals surface area contributed by atoms with Crippen LogP contribution in [-0.4, -0.2) is 30.6 Å². The fourth-order valence-corrected chi connectivity index (χ4v) is 2.62. The minimum Gasteiger partial charge on any atom is -0.480 e. The van der Waals surface area contributed by atoms with E-state index in [1.165, 1.54) is 7.11 Å². The molecule has 1 N–H and O–H groups in total. The molecule has 0 aliphatic carbocycles. The summed E-state index contributed by atoms with van der Waals surface area (Å²) in [5, 5.41) is 2.78. The Hall–Kier alpha value is -2.04. The Bertz CT molecular complexity index is 518. The molecule has 0 aromatic heterocycles. The van der Waals surface area contributed by atoms with Gasteiger partial charge in [-0.1, -0.05) is 31.5 Å². The van der Waals surface area contributed by atoms with Gasteiger partial charge in [-0.2, -0.15) is 0 Å². The third-order valence-electron chi connectivity index (χ3n) is 3.72. The largest absolute Gasteiger partial charge is 0.480 e. The first-order valence-electron chi connectivity index (χ1n) is 7.15. The molecule has 2 atom stereocenters. The number of hydrogen-bond acceptors (Lipinski definition) is 4. The van der Waals surface area contributed by atoms with E-state index < -0.39 is 17.6 Å². The normalized spacial score (nSPS) is 19.1. The van der Waals surface area contributed by atoms with Crippen LogP contribution in [-0.2, 0) is 20.7 Å². The first-order valence-corrected chi connectivity index (χ1v) is 7.15. The van der Waals surface area contributed by atoms with Crippen molar-refractivity contribution < 1.29 is 19.1 Å². The number of carbonyl (C=O) groups is 2. The predicted octanol–water partition coefficient (Wildman–Crippen LogP) is 1.84. The van der Waals surface area contributed by atoms with Gasteiger partial charge in [-0.15, -0.1) is 0 Å². The zero-order valence-corrected chi connectivity index (χ0v) is 12.6. The summed E-state index contributed by atoms with van der Waals surface area (Å²) >= 11 is 0. The summed E-state index contributed by atoms with van der Waals surface area (Å²) in [5.41, 5.74) is -0.00783. The second-order valence-electron chi connectivity index (χ2n) is 5.48. The third kappa shape index (κ3) is 3.17. The second-order valence-corrected chi connectivity index (χ2v) is 5.48. The highest BCUT2D eigenvalue weighted by atomic mass is 16.5. The summed E-state index contributed by atoms with van der Waals surface area (Å²) in [6.07, 6.45) is 1.21. The lowest BCUT2D eigenvalue weighted by molar-refractivity contribution is -0.151. The summed E-state index contributed by atoms with van der Waals surface area (Å²) in [5.74, 6) is 0.00803. The molecule has 21 heavy (non-hydrogen) atoms. The van der Waals surface area contributed by atoms with E-state index in [1.807, 2.05) is 31.2 Å². The maximum Gasteiger partial charge on any atom is 0.331 e. The molecule has 1 aliphatic heterocycles. The summed E-state index contributed by atoms with van der Waals surface area (Å²) in [6.45, 7) is 3.64. The van der Waals surface area contributed by atoms with Crippen molar-refractivity contribution in [1.82, 2.24) is 5.32 Å². The van der Waals surface area contributed by atoms with Crippen LogP contribution in [0.4, 0.5) is 0 Å². The smallest absolute Gasteiger partial charge is 0.331 e. The number of para-hydroxylation sites is 1. The first-order chi connectivity index (χ1) is 10.00. The summed E-state index contributed by atoms with van der Waals surface area (Å²) < 4.78 is 10.4. The molecule has 0 saturated heterocycles. The van der Waals surface area contributed by atoms with Crippen molar-refractivity contribution in [2.24, 2.45) is 0 Å². The number of amides is 1. The van der Waals surface area contributed by atoms with Gasteiger partial charge in [0.25, 0.3) is 5.91 Å².